The van der Waals surface area contributed by atoms with E-state index in [4.69, 9.17) is 4.74 Å². The van der Waals surface area contributed by atoms with Gasteiger partial charge >= 0.3 is 6.09 Å². The maximum atomic E-state index is 14.4. The first-order chi connectivity index (χ1) is 19.3. The molecule has 0 radical (unpaired) electrons. The van der Waals surface area contributed by atoms with Crippen LogP contribution in [0.4, 0.5) is 10.5 Å². The zero-order chi connectivity index (χ0) is 30.3. The van der Waals surface area contributed by atoms with Crippen LogP contribution < -0.4 is 10.6 Å². The van der Waals surface area contributed by atoms with Crippen molar-refractivity contribution in [1.82, 2.24) is 10.2 Å². The summed E-state index contributed by atoms with van der Waals surface area (Å²) in [7, 11) is 0. The number of ether oxygens (including phenoxy) is 1. The van der Waals surface area contributed by atoms with Crippen molar-refractivity contribution in [3.63, 3.8) is 0 Å². The van der Waals surface area contributed by atoms with Crippen LogP contribution in [0.15, 0.2) is 66.7 Å². The number of aryl methyl sites for hydroxylation is 1. The van der Waals surface area contributed by atoms with Crippen molar-refractivity contribution in [3.8, 4) is 0 Å². The lowest BCUT2D eigenvalue weighted by atomic mass is 9.94. The van der Waals surface area contributed by atoms with Crippen molar-refractivity contribution >= 4 is 34.4 Å². The summed E-state index contributed by atoms with van der Waals surface area (Å²) in [5.41, 5.74) is 1.57. The summed E-state index contributed by atoms with van der Waals surface area (Å²) >= 11 is 0. The van der Waals surface area contributed by atoms with Gasteiger partial charge in [-0.1, -0.05) is 75.4 Å². The second-order valence-corrected chi connectivity index (χ2v) is 12.1. The average molecular weight is 560 g/mol. The first kappa shape index (κ1) is 31.7. The summed E-state index contributed by atoms with van der Waals surface area (Å²) in [6.07, 6.45) is 0.365. The number of anilines is 1. The van der Waals surface area contributed by atoms with E-state index in [0.717, 1.165) is 21.9 Å². The van der Waals surface area contributed by atoms with Crippen LogP contribution in [0.5, 0.6) is 0 Å². The van der Waals surface area contributed by atoms with Gasteiger partial charge in [0.25, 0.3) is 5.91 Å². The third-order valence-electron chi connectivity index (χ3n) is 7.04. The highest BCUT2D eigenvalue weighted by Gasteiger charge is 2.39. The molecule has 0 heterocycles. The molecule has 0 aliphatic carbocycles. The molecule has 0 saturated carbocycles. The molecule has 0 aliphatic rings. The molecule has 0 spiro atoms. The molecule has 0 aliphatic heterocycles. The highest BCUT2D eigenvalue weighted by molar-refractivity contribution is 6.00. The molecule has 3 aromatic rings. The van der Waals surface area contributed by atoms with E-state index in [1.807, 2.05) is 101 Å². The number of nitrogens with one attached hydrogen (secondary N) is 2. The number of nitrogens with zero attached hydrogens (tertiary/aromatic N) is 1. The van der Waals surface area contributed by atoms with Gasteiger partial charge in [0.1, 0.15) is 17.7 Å². The van der Waals surface area contributed by atoms with Crippen LogP contribution >= 0.6 is 0 Å². The molecule has 0 bridgehead atoms. The number of benzene rings is 3. The summed E-state index contributed by atoms with van der Waals surface area (Å²) in [5, 5.41) is 7.97. The predicted molar refractivity (Wildman–Crippen MR) is 166 cm³/mol. The summed E-state index contributed by atoms with van der Waals surface area (Å²) < 4.78 is 5.49. The number of hydrogen-bond donors (Lipinski definition) is 2. The molecule has 3 atom stereocenters. The highest BCUT2D eigenvalue weighted by atomic mass is 16.6. The zero-order valence-corrected chi connectivity index (χ0v) is 25.7. The second kappa shape index (κ2) is 13.7. The Morgan fingerprint density at radius 1 is 0.902 bits per heavy atom. The molecule has 41 heavy (non-hydrogen) atoms. The minimum Gasteiger partial charge on any atom is -0.444 e. The van der Waals surface area contributed by atoms with Crippen molar-refractivity contribution in [1.29, 1.82) is 0 Å². The second-order valence-electron chi connectivity index (χ2n) is 12.1. The van der Waals surface area contributed by atoms with Crippen molar-refractivity contribution in [2.24, 2.45) is 5.92 Å². The van der Waals surface area contributed by atoms with Crippen LogP contribution in [0, 0.1) is 12.8 Å². The summed E-state index contributed by atoms with van der Waals surface area (Å²) in [5.74, 6) is -0.523. The number of carbonyl (C=O) groups is 3. The Labute approximate surface area is 244 Å². The van der Waals surface area contributed by atoms with Gasteiger partial charge in [-0.25, -0.2) is 4.79 Å². The van der Waals surface area contributed by atoms with Gasteiger partial charge in [0.05, 0.1) is 0 Å². The van der Waals surface area contributed by atoms with E-state index in [-0.39, 0.29) is 23.8 Å². The molecule has 7 heteroatoms. The van der Waals surface area contributed by atoms with Crippen molar-refractivity contribution < 1.29 is 19.1 Å². The summed E-state index contributed by atoms with van der Waals surface area (Å²) in [6, 6.07) is 19.3. The van der Waals surface area contributed by atoms with Gasteiger partial charge in [-0.2, -0.15) is 0 Å². The maximum absolute atomic E-state index is 14.4. The Morgan fingerprint density at radius 2 is 1.54 bits per heavy atom. The number of amides is 3. The monoisotopic (exact) mass is 559 g/mol. The van der Waals surface area contributed by atoms with Crippen LogP contribution in [0.1, 0.15) is 78.5 Å². The molecule has 0 saturated heterocycles. The Kier molecular flexibility index (Phi) is 10.5. The Morgan fingerprint density at radius 3 is 2.15 bits per heavy atom. The Hall–Kier alpha value is -3.87. The van der Waals surface area contributed by atoms with Gasteiger partial charge in [-0.3, -0.25) is 9.59 Å². The SMILES string of the molecule is CCC(C)N(C(=O)C(CC(C)C)NC(=O)OC(C)(C)C)C(C(=O)Nc1ccc2ccccc2c1)c1ccccc1C. The molecule has 2 N–H and O–H groups in total. The molecule has 3 amide bonds. The van der Waals surface area contributed by atoms with Gasteiger partial charge in [0.2, 0.25) is 5.91 Å². The van der Waals surface area contributed by atoms with Gasteiger partial charge < -0.3 is 20.3 Å². The fraction of sp³-hybridized carbons (Fsp3) is 0.441. The van der Waals surface area contributed by atoms with E-state index in [9.17, 15) is 14.4 Å². The number of carbonyl (C=O) groups excluding carboxylic acids is 3. The van der Waals surface area contributed by atoms with Gasteiger partial charge in [-0.05, 0) is 87.4 Å². The third kappa shape index (κ3) is 8.56. The molecular weight excluding hydrogens is 514 g/mol. The minimum absolute atomic E-state index is 0.112. The Bertz CT molecular complexity index is 1360. The zero-order valence-electron chi connectivity index (χ0n) is 25.7. The number of fused-ring (bicyclic) bond motifs is 1. The normalized spacial score (nSPS) is 13.8. The van der Waals surface area contributed by atoms with E-state index in [2.05, 4.69) is 10.6 Å². The minimum atomic E-state index is -0.916. The third-order valence-corrected chi connectivity index (χ3v) is 7.04. The number of rotatable bonds is 10. The van der Waals surface area contributed by atoms with E-state index in [1.54, 1.807) is 25.7 Å². The van der Waals surface area contributed by atoms with E-state index < -0.39 is 23.8 Å². The van der Waals surface area contributed by atoms with E-state index >= 15 is 0 Å². The standard InChI is InChI=1S/C34H45N3O4/c1-9-24(5)37(32(39)29(20-22(2)3)36-33(40)41-34(6,7)8)30(28-17-13-10-14-23(28)4)31(38)35-27-19-18-25-15-11-12-16-26(25)21-27/h10-19,21-22,24,29-30H,9,20H2,1-8H3,(H,35,38)(H,36,40). The van der Waals surface area contributed by atoms with Crippen LogP contribution in [-0.4, -0.2) is 40.5 Å². The van der Waals surface area contributed by atoms with Crippen molar-refractivity contribution in [2.75, 3.05) is 5.32 Å². The molecule has 0 aromatic heterocycles. The lowest BCUT2D eigenvalue weighted by Gasteiger charge is -2.39. The molecule has 0 fully saturated rings. The molecule has 220 valence electrons. The van der Waals surface area contributed by atoms with Crippen molar-refractivity contribution in [3.05, 3.63) is 77.9 Å². The summed E-state index contributed by atoms with van der Waals surface area (Å²) in [4.78, 5) is 43.1. The van der Waals surface area contributed by atoms with Gasteiger partial charge in [0, 0.05) is 11.7 Å². The Balaban J connectivity index is 2.06. The van der Waals surface area contributed by atoms with Crippen LogP contribution in [-0.2, 0) is 14.3 Å². The average Bonchev–Trinajstić information content (AvgIpc) is 2.89. The fourth-order valence-electron chi connectivity index (χ4n) is 4.91. The smallest absolute Gasteiger partial charge is 0.408 e. The molecule has 7 nitrogen and oxygen atoms in total. The molecule has 3 unspecified atom stereocenters. The highest BCUT2D eigenvalue weighted by Crippen LogP contribution is 2.31. The van der Waals surface area contributed by atoms with Gasteiger partial charge in [0.15, 0.2) is 0 Å². The topological polar surface area (TPSA) is 87.7 Å². The quantitative estimate of drug-likeness (QED) is 0.271. The number of alkyl carbamates (subject to hydrolysis) is 1. The lowest BCUT2D eigenvalue weighted by Crippen LogP contribution is -2.55. The molecule has 3 rings (SSSR count). The van der Waals surface area contributed by atoms with Gasteiger partial charge in [-0.15, -0.1) is 0 Å². The van der Waals surface area contributed by atoms with Crippen LogP contribution in [0.2, 0.25) is 0 Å². The van der Waals surface area contributed by atoms with E-state index in [0.29, 0.717) is 18.5 Å². The number of hydrogen-bond acceptors (Lipinski definition) is 4. The largest absolute Gasteiger partial charge is 0.444 e. The molecular formula is C34H45N3O4. The molecule has 3 aromatic carbocycles. The first-order valence-corrected chi connectivity index (χ1v) is 14.5. The van der Waals surface area contributed by atoms with Crippen LogP contribution in [0.25, 0.3) is 10.8 Å². The maximum Gasteiger partial charge on any atom is 0.408 e. The fourth-order valence-corrected chi connectivity index (χ4v) is 4.91. The summed E-state index contributed by atoms with van der Waals surface area (Å²) in [6.45, 7) is 15.2. The van der Waals surface area contributed by atoms with Crippen molar-refractivity contribution in [2.45, 2.75) is 92.0 Å². The van der Waals surface area contributed by atoms with Crippen LogP contribution in [0.3, 0.4) is 0 Å². The lowest BCUT2D eigenvalue weighted by molar-refractivity contribution is -0.143. The van der Waals surface area contributed by atoms with E-state index in [1.165, 1.54) is 0 Å². The first-order valence-electron chi connectivity index (χ1n) is 14.5. The predicted octanol–water partition coefficient (Wildman–Crippen LogP) is 7.39.